The van der Waals surface area contributed by atoms with Crippen molar-refractivity contribution in [3.8, 4) is 0 Å². The summed E-state index contributed by atoms with van der Waals surface area (Å²) in [4.78, 5) is 29.1. The van der Waals surface area contributed by atoms with Gasteiger partial charge in [0.25, 0.3) is 0 Å². The Morgan fingerprint density at radius 1 is 1.21 bits per heavy atom. The number of nitrogens with one attached hydrogen (secondary N) is 1. The SMILES string of the molecule is CN(Cc1ccc(Cl)cc1)C(=O)C1CCCN1C(=O)Nc1ccc2occc2c1. The van der Waals surface area contributed by atoms with Crippen LogP contribution in [0, 0.1) is 0 Å². The molecular weight excluding hydrogens is 390 g/mol. The number of benzene rings is 2. The maximum atomic E-state index is 13.0. The first-order valence-electron chi connectivity index (χ1n) is 9.55. The van der Waals surface area contributed by atoms with Gasteiger partial charge in [0.1, 0.15) is 11.6 Å². The Bertz CT molecular complexity index is 1030. The molecule has 1 saturated heterocycles. The maximum Gasteiger partial charge on any atom is 0.322 e. The number of nitrogens with zero attached hydrogens (tertiary/aromatic N) is 2. The highest BCUT2D eigenvalue weighted by Gasteiger charge is 2.35. The third-order valence-electron chi connectivity index (χ3n) is 5.21. The molecule has 29 heavy (non-hydrogen) atoms. The standard InChI is InChI=1S/C22H22ClN3O3/c1-25(14-15-4-6-17(23)7-5-15)21(27)19-3-2-11-26(19)22(28)24-18-8-9-20-16(13-18)10-12-29-20/h4-10,12-13,19H,2-3,11,14H2,1H3,(H,24,28). The van der Waals surface area contributed by atoms with Crippen LogP contribution < -0.4 is 5.32 Å². The van der Waals surface area contributed by atoms with Gasteiger partial charge < -0.3 is 19.5 Å². The Morgan fingerprint density at radius 2 is 2.00 bits per heavy atom. The average molecular weight is 412 g/mol. The van der Waals surface area contributed by atoms with Crippen molar-refractivity contribution in [1.82, 2.24) is 9.80 Å². The van der Waals surface area contributed by atoms with E-state index in [0.717, 1.165) is 23.0 Å². The van der Waals surface area contributed by atoms with Gasteiger partial charge in [-0.25, -0.2) is 4.79 Å². The summed E-state index contributed by atoms with van der Waals surface area (Å²) in [5.74, 6) is -0.0575. The molecule has 2 aromatic carbocycles. The van der Waals surface area contributed by atoms with Gasteiger partial charge in [0.2, 0.25) is 5.91 Å². The van der Waals surface area contributed by atoms with E-state index < -0.39 is 6.04 Å². The molecule has 3 amide bonds. The molecule has 2 heterocycles. The van der Waals surface area contributed by atoms with E-state index in [1.807, 2.05) is 30.3 Å². The molecule has 0 spiro atoms. The first-order valence-corrected chi connectivity index (χ1v) is 9.93. The van der Waals surface area contributed by atoms with E-state index in [4.69, 9.17) is 16.0 Å². The van der Waals surface area contributed by atoms with Crippen LogP contribution >= 0.6 is 11.6 Å². The smallest absolute Gasteiger partial charge is 0.322 e. The Morgan fingerprint density at radius 3 is 2.79 bits per heavy atom. The number of hydrogen-bond acceptors (Lipinski definition) is 3. The van der Waals surface area contributed by atoms with Crippen molar-refractivity contribution >= 4 is 40.2 Å². The number of rotatable bonds is 4. The number of carbonyl (C=O) groups excluding carboxylic acids is 2. The summed E-state index contributed by atoms with van der Waals surface area (Å²) in [7, 11) is 1.76. The van der Waals surface area contributed by atoms with Gasteiger partial charge in [0, 0.05) is 36.2 Å². The molecule has 150 valence electrons. The topological polar surface area (TPSA) is 65.8 Å². The van der Waals surface area contributed by atoms with Gasteiger partial charge in [-0.1, -0.05) is 23.7 Å². The lowest BCUT2D eigenvalue weighted by Gasteiger charge is -2.28. The quantitative estimate of drug-likeness (QED) is 0.674. The highest BCUT2D eigenvalue weighted by molar-refractivity contribution is 6.30. The summed E-state index contributed by atoms with van der Waals surface area (Å²) in [6.07, 6.45) is 3.08. The second kappa shape index (κ2) is 8.17. The van der Waals surface area contributed by atoms with Crippen molar-refractivity contribution in [1.29, 1.82) is 0 Å². The molecule has 1 fully saturated rings. The Balaban J connectivity index is 1.42. The zero-order valence-corrected chi connectivity index (χ0v) is 16.9. The van der Waals surface area contributed by atoms with Crippen LogP contribution in [0.25, 0.3) is 11.0 Å². The lowest BCUT2D eigenvalue weighted by Crippen LogP contribution is -2.47. The zero-order chi connectivity index (χ0) is 20.4. The summed E-state index contributed by atoms with van der Waals surface area (Å²) < 4.78 is 5.33. The van der Waals surface area contributed by atoms with E-state index in [1.54, 1.807) is 41.3 Å². The normalized spacial score (nSPS) is 16.2. The molecule has 0 radical (unpaired) electrons. The number of amides is 3. The van der Waals surface area contributed by atoms with Crippen molar-refractivity contribution in [2.24, 2.45) is 0 Å². The number of likely N-dealkylation sites (tertiary alicyclic amines) is 1. The molecule has 0 saturated carbocycles. The molecule has 7 heteroatoms. The number of hydrogen-bond donors (Lipinski definition) is 1. The monoisotopic (exact) mass is 411 g/mol. The third kappa shape index (κ3) is 4.22. The van der Waals surface area contributed by atoms with E-state index in [1.165, 1.54) is 0 Å². The summed E-state index contributed by atoms with van der Waals surface area (Å²) in [6, 6.07) is 14.0. The summed E-state index contributed by atoms with van der Waals surface area (Å²) in [5, 5.41) is 4.48. The summed E-state index contributed by atoms with van der Waals surface area (Å²) >= 11 is 5.92. The predicted octanol–water partition coefficient (Wildman–Crippen LogP) is 4.74. The number of halogens is 1. The number of fused-ring (bicyclic) bond motifs is 1. The highest BCUT2D eigenvalue weighted by Crippen LogP contribution is 2.24. The minimum absolute atomic E-state index is 0.0575. The maximum absolute atomic E-state index is 13.0. The van der Waals surface area contributed by atoms with Crippen LogP contribution in [0.5, 0.6) is 0 Å². The molecule has 0 bridgehead atoms. The van der Waals surface area contributed by atoms with Crippen LogP contribution in [0.1, 0.15) is 18.4 Å². The number of carbonyl (C=O) groups is 2. The predicted molar refractivity (Wildman–Crippen MR) is 113 cm³/mol. The van der Waals surface area contributed by atoms with E-state index in [9.17, 15) is 9.59 Å². The molecule has 1 unspecified atom stereocenters. The number of urea groups is 1. The molecular formula is C22H22ClN3O3. The molecule has 1 aromatic heterocycles. The molecule has 6 nitrogen and oxygen atoms in total. The second-order valence-corrected chi connectivity index (χ2v) is 7.71. The third-order valence-corrected chi connectivity index (χ3v) is 5.46. The Hall–Kier alpha value is -2.99. The van der Waals surface area contributed by atoms with Crippen molar-refractivity contribution in [3.63, 3.8) is 0 Å². The highest BCUT2D eigenvalue weighted by atomic mass is 35.5. The summed E-state index contributed by atoms with van der Waals surface area (Å²) in [5.41, 5.74) is 2.44. The summed E-state index contributed by atoms with van der Waals surface area (Å²) in [6.45, 7) is 1.03. The lowest BCUT2D eigenvalue weighted by atomic mass is 10.1. The molecule has 4 rings (SSSR count). The van der Waals surface area contributed by atoms with Crippen molar-refractivity contribution in [2.45, 2.75) is 25.4 Å². The van der Waals surface area contributed by atoms with Gasteiger partial charge in [0.15, 0.2) is 0 Å². The first kappa shape index (κ1) is 19.3. The minimum Gasteiger partial charge on any atom is -0.464 e. The van der Waals surface area contributed by atoms with E-state index in [0.29, 0.717) is 30.2 Å². The molecule has 0 aliphatic carbocycles. The van der Waals surface area contributed by atoms with Gasteiger partial charge in [-0.15, -0.1) is 0 Å². The van der Waals surface area contributed by atoms with Crippen LogP contribution in [0.4, 0.5) is 10.5 Å². The molecule has 1 N–H and O–H groups in total. The van der Waals surface area contributed by atoms with Crippen LogP contribution in [-0.2, 0) is 11.3 Å². The van der Waals surface area contributed by atoms with Crippen molar-refractivity contribution in [3.05, 3.63) is 65.4 Å². The van der Waals surface area contributed by atoms with Gasteiger partial charge >= 0.3 is 6.03 Å². The van der Waals surface area contributed by atoms with Crippen LogP contribution in [-0.4, -0.2) is 41.4 Å². The zero-order valence-electron chi connectivity index (χ0n) is 16.1. The molecule has 3 aromatic rings. The fourth-order valence-corrected chi connectivity index (χ4v) is 3.83. The number of furan rings is 1. The largest absolute Gasteiger partial charge is 0.464 e. The van der Waals surface area contributed by atoms with Crippen molar-refractivity contribution < 1.29 is 14.0 Å². The number of anilines is 1. The van der Waals surface area contributed by atoms with Crippen LogP contribution in [0.3, 0.4) is 0 Å². The fourth-order valence-electron chi connectivity index (χ4n) is 3.70. The van der Waals surface area contributed by atoms with Gasteiger partial charge in [0.05, 0.1) is 6.26 Å². The van der Waals surface area contributed by atoms with Crippen LogP contribution in [0.15, 0.2) is 59.2 Å². The first-order chi connectivity index (χ1) is 14.0. The lowest BCUT2D eigenvalue weighted by molar-refractivity contribution is -0.134. The molecule has 1 aliphatic heterocycles. The second-order valence-electron chi connectivity index (χ2n) is 7.28. The Kier molecular flexibility index (Phi) is 5.45. The number of likely N-dealkylation sites (N-methyl/N-ethyl adjacent to an activating group) is 1. The van der Waals surface area contributed by atoms with Crippen molar-refractivity contribution in [2.75, 3.05) is 18.9 Å². The van der Waals surface area contributed by atoms with E-state index >= 15 is 0 Å². The minimum atomic E-state index is -0.454. The molecule has 1 aliphatic rings. The van der Waals surface area contributed by atoms with E-state index in [2.05, 4.69) is 5.32 Å². The average Bonchev–Trinajstić information content (AvgIpc) is 3.38. The fraction of sp³-hybridized carbons (Fsp3) is 0.273. The Labute approximate surface area is 174 Å². The van der Waals surface area contributed by atoms with Gasteiger partial charge in [-0.2, -0.15) is 0 Å². The van der Waals surface area contributed by atoms with Gasteiger partial charge in [-0.3, -0.25) is 4.79 Å². The van der Waals surface area contributed by atoms with Crippen LogP contribution in [0.2, 0.25) is 5.02 Å². The molecule has 1 atom stereocenters. The van der Waals surface area contributed by atoms with E-state index in [-0.39, 0.29) is 11.9 Å². The van der Waals surface area contributed by atoms with Gasteiger partial charge in [-0.05, 0) is 54.8 Å².